The molecule has 2 rings (SSSR count). The lowest BCUT2D eigenvalue weighted by Gasteiger charge is -2.14. The number of nitrogens with one attached hydrogen (secondary N) is 1. The number of benzene rings is 1. The Labute approximate surface area is 114 Å². The number of halogens is 2. The van der Waals surface area contributed by atoms with Gasteiger partial charge in [-0.15, -0.1) is 0 Å². The molecule has 0 atom stereocenters. The predicted molar refractivity (Wildman–Crippen MR) is 71.1 cm³/mol. The molecule has 0 aliphatic heterocycles. The van der Waals surface area contributed by atoms with E-state index >= 15 is 0 Å². The molecule has 3 N–H and O–H groups in total. The third kappa shape index (κ3) is 2.84. The Kier molecular flexibility index (Phi) is 3.93. The van der Waals surface area contributed by atoms with E-state index in [1.165, 1.54) is 6.07 Å². The van der Waals surface area contributed by atoms with Crippen LogP contribution in [-0.2, 0) is 10.0 Å². The molecule has 7 heteroatoms. The van der Waals surface area contributed by atoms with Crippen molar-refractivity contribution < 1.29 is 12.8 Å². The fourth-order valence-corrected chi connectivity index (χ4v) is 4.04. The van der Waals surface area contributed by atoms with Crippen molar-refractivity contribution in [3.8, 4) is 0 Å². The minimum Gasteiger partial charge on any atom is -0.398 e. The Bertz CT molecular complexity index is 556. The summed E-state index contributed by atoms with van der Waals surface area (Å²) in [6.07, 6.45) is 3.72. The normalized spacial score (nSPS) is 17.2. The topological polar surface area (TPSA) is 72.2 Å². The van der Waals surface area contributed by atoms with Crippen molar-refractivity contribution in [3.63, 3.8) is 0 Å². The van der Waals surface area contributed by atoms with Crippen LogP contribution in [-0.4, -0.2) is 14.5 Å². The van der Waals surface area contributed by atoms with Gasteiger partial charge in [-0.3, -0.25) is 0 Å². The summed E-state index contributed by atoms with van der Waals surface area (Å²) in [6.45, 7) is 0. The molecule has 1 aromatic rings. The molecular weight excluding hydrogens is 323 g/mol. The van der Waals surface area contributed by atoms with Crippen molar-refractivity contribution in [2.75, 3.05) is 5.73 Å². The fourth-order valence-electron chi connectivity index (χ4n) is 2.10. The highest BCUT2D eigenvalue weighted by molar-refractivity contribution is 9.10. The molecule has 0 spiro atoms. The molecule has 0 aromatic heterocycles. The van der Waals surface area contributed by atoms with Crippen molar-refractivity contribution in [2.24, 2.45) is 0 Å². The summed E-state index contributed by atoms with van der Waals surface area (Å²) in [5.74, 6) is -0.577. The van der Waals surface area contributed by atoms with Crippen molar-refractivity contribution in [2.45, 2.75) is 36.6 Å². The van der Waals surface area contributed by atoms with Crippen LogP contribution in [0.3, 0.4) is 0 Å². The second-order valence-corrected chi connectivity index (χ2v) is 6.94. The number of nitrogen functional groups attached to an aromatic ring is 1. The van der Waals surface area contributed by atoms with E-state index in [1.807, 2.05) is 0 Å². The minimum absolute atomic E-state index is 0.0433. The van der Waals surface area contributed by atoms with Gasteiger partial charge in [0.15, 0.2) is 0 Å². The summed E-state index contributed by atoms with van der Waals surface area (Å²) in [7, 11) is -3.69. The van der Waals surface area contributed by atoms with Crippen LogP contribution in [0.25, 0.3) is 0 Å². The molecule has 0 heterocycles. The average Bonchev–Trinajstić information content (AvgIpc) is 2.75. The first-order valence-electron chi connectivity index (χ1n) is 5.67. The van der Waals surface area contributed by atoms with Crippen LogP contribution in [0, 0.1) is 5.82 Å². The second-order valence-electron chi connectivity index (χ2n) is 4.41. The zero-order valence-electron chi connectivity index (χ0n) is 9.62. The second kappa shape index (κ2) is 5.14. The van der Waals surface area contributed by atoms with Crippen molar-refractivity contribution in [3.05, 3.63) is 22.4 Å². The van der Waals surface area contributed by atoms with Gasteiger partial charge in [-0.25, -0.2) is 17.5 Å². The van der Waals surface area contributed by atoms with Crippen molar-refractivity contribution in [1.82, 2.24) is 4.72 Å². The maximum atomic E-state index is 13.2. The van der Waals surface area contributed by atoms with Crippen molar-refractivity contribution >= 4 is 31.6 Å². The zero-order chi connectivity index (χ0) is 13.3. The minimum atomic E-state index is -3.69. The molecule has 0 amide bonds. The summed E-state index contributed by atoms with van der Waals surface area (Å²) in [5, 5.41) is 0. The summed E-state index contributed by atoms with van der Waals surface area (Å²) in [4.78, 5) is -0.0809. The Hall–Kier alpha value is -0.660. The number of hydrogen-bond acceptors (Lipinski definition) is 3. The molecule has 1 aliphatic carbocycles. The van der Waals surface area contributed by atoms with Crippen LogP contribution in [0.4, 0.5) is 10.1 Å². The highest BCUT2D eigenvalue weighted by atomic mass is 79.9. The lowest BCUT2D eigenvalue weighted by Crippen LogP contribution is -2.33. The maximum absolute atomic E-state index is 13.2. The lowest BCUT2D eigenvalue weighted by atomic mass is 10.3. The third-order valence-corrected chi connectivity index (χ3v) is 5.20. The third-order valence-electron chi connectivity index (χ3n) is 3.02. The number of hydrogen-bond donors (Lipinski definition) is 2. The zero-order valence-corrected chi connectivity index (χ0v) is 12.0. The smallest absolute Gasteiger partial charge is 0.242 e. The molecule has 1 saturated carbocycles. The van der Waals surface area contributed by atoms with Gasteiger partial charge in [-0.2, -0.15) is 0 Å². The summed E-state index contributed by atoms with van der Waals surface area (Å²) in [6, 6.07) is 2.16. The molecule has 4 nitrogen and oxygen atoms in total. The maximum Gasteiger partial charge on any atom is 0.242 e. The Morgan fingerprint density at radius 2 is 1.94 bits per heavy atom. The molecule has 0 unspecified atom stereocenters. The van der Waals surface area contributed by atoms with E-state index in [1.54, 1.807) is 0 Å². The summed E-state index contributed by atoms with van der Waals surface area (Å²) >= 11 is 2.96. The van der Waals surface area contributed by atoms with E-state index in [2.05, 4.69) is 20.7 Å². The molecule has 1 aromatic carbocycles. The van der Waals surface area contributed by atoms with Crippen LogP contribution < -0.4 is 10.5 Å². The number of rotatable bonds is 3. The first-order valence-corrected chi connectivity index (χ1v) is 7.94. The number of anilines is 1. The molecular formula is C11H14BrFN2O2S. The largest absolute Gasteiger partial charge is 0.398 e. The first-order chi connectivity index (χ1) is 8.40. The predicted octanol–water partition coefficient (Wildman–Crippen LogP) is 2.39. The monoisotopic (exact) mass is 336 g/mol. The van der Waals surface area contributed by atoms with Gasteiger partial charge in [-0.1, -0.05) is 12.8 Å². The van der Waals surface area contributed by atoms with Gasteiger partial charge < -0.3 is 5.73 Å². The van der Waals surface area contributed by atoms with Gasteiger partial charge in [0.1, 0.15) is 10.7 Å². The number of sulfonamides is 1. The highest BCUT2D eigenvalue weighted by Gasteiger charge is 2.25. The van der Waals surface area contributed by atoms with Gasteiger partial charge in [0.05, 0.1) is 10.2 Å². The summed E-state index contributed by atoms with van der Waals surface area (Å²) in [5.41, 5.74) is 5.49. The molecule has 0 radical (unpaired) electrons. The molecule has 1 fully saturated rings. The van der Waals surface area contributed by atoms with Gasteiger partial charge in [-0.05, 0) is 40.9 Å². The Morgan fingerprint density at radius 1 is 1.33 bits per heavy atom. The molecule has 1 aliphatic rings. The molecule has 0 saturated heterocycles. The van der Waals surface area contributed by atoms with E-state index in [-0.39, 0.29) is 21.1 Å². The molecule has 100 valence electrons. The van der Waals surface area contributed by atoms with Crippen LogP contribution in [0.5, 0.6) is 0 Å². The number of nitrogens with two attached hydrogens (primary N) is 1. The SMILES string of the molecule is Nc1cc(F)c(Br)cc1S(=O)(=O)NC1CCCC1. The standard InChI is InChI=1S/C11H14BrFN2O2S/c12-8-5-11(10(14)6-9(8)13)18(16,17)15-7-3-1-2-4-7/h5-7,15H,1-4,14H2. The first kappa shape index (κ1) is 13.8. The fraction of sp³-hybridized carbons (Fsp3) is 0.455. The highest BCUT2D eigenvalue weighted by Crippen LogP contribution is 2.27. The van der Waals surface area contributed by atoms with E-state index in [0.717, 1.165) is 31.7 Å². The van der Waals surface area contributed by atoms with E-state index < -0.39 is 15.8 Å². The Morgan fingerprint density at radius 3 is 2.56 bits per heavy atom. The van der Waals surface area contributed by atoms with E-state index in [9.17, 15) is 12.8 Å². The van der Waals surface area contributed by atoms with Crippen molar-refractivity contribution in [1.29, 1.82) is 0 Å². The van der Waals surface area contributed by atoms with Gasteiger partial charge >= 0.3 is 0 Å². The van der Waals surface area contributed by atoms with Crippen LogP contribution in [0.15, 0.2) is 21.5 Å². The van der Waals surface area contributed by atoms with Gasteiger partial charge in [0, 0.05) is 6.04 Å². The van der Waals surface area contributed by atoms with Gasteiger partial charge in [0.25, 0.3) is 0 Å². The van der Waals surface area contributed by atoms with Crippen LogP contribution >= 0.6 is 15.9 Å². The summed E-state index contributed by atoms with van der Waals surface area (Å²) < 4.78 is 40.2. The van der Waals surface area contributed by atoms with E-state index in [4.69, 9.17) is 5.73 Å². The van der Waals surface area contributed by atoms with Crippen LogP contribution in [0.2, 0.25) is 0 Å². The Balaban J connectivity index is 2.31. The van der Waals surface area contributed by atoms with Gasteiger partial charge in [0.2, 0.25) is 10.0 Å². The van der Waals surface area contributed by atoms with E-state index in [0.29, 0.717) is 0 Å². The van der Waals surface area contributed by atoms with Crippen LogP contribution in [0.1, 0.15) is 25.7 Å². The molecule has 18 heavy (non-hydrogen) atoms. The lowest BCUT2D eigenvalue weighted by molar-refractivity contribution is 0.552. The molecule has 0 bridgehead atoms. The average molecular weight is 337 g/mol. The quantitative estimate of drug-likeness (QED) is 0.832.